The molecular weight excluding hydrogens is 194 g/mol. The van der Waals surface area contributed by atoms with Crippen molar-refractivity contribution in [1.29, 1.82) is 0 Å². The Morgan fingerprint density at radius 3 is 2.30 bits per heavy atom. The Labute approximate surface area is 70.5 Å². The fourth-order valence-corrected chi connectivity index (χ4v) is 0.734. The van der Waals surface area contributed by atoms with Crippen LogP contribution in [0.15, 0.2) is 0 Å². The first kappa shape index (κ1) is 9.95. The van der Waals surface area contributed by atoms with Gasteiger partial charge in [0.05, 0.1) is 0 Å². The highest BCUT2D eigenvalue weighted by atomic mass is 79.9. The van der Waals surface area contributed by atoms with Crippen LogP contribution in [0.5, 0.6) is 0 Å². The van der Waals surface area contributed by atoms with Gasteiger partial charge in [0, 0.05) is 22.5 Å². The van der Waals surface area contributed by atoms with E-state index >= 15 is 0 Å². The molecule has 1 amide bonds. The first-order chi connectivity index (χ1) is 4.42. The molecule has 0 radical (unpaired) electrons. The van der Waals surface area contributed by atoms with Gasteiger partial charge in [0.15, 0.2) is 0 Å². The van der Waals surface area contributed by atoms with Crippen molar-refractivity contribution in [2.75, 3.05) is 6.54 Å². The third-order valence-electron chi connectivity index (χ3n) is 1.14. The van der Waals surface area contributed by atoms with Crippen LogP contribution in [0.3, 0.4) is 0 Å². The topological polar surface area (TPSA) is 29.1 Å². The number of nitrogens with one attached hydrogen (secondary N) is 1. The van der Waals surface area contributed by atoms with Gasteiger partial charge in [-0.2, -0.15) is 0 Å². The third-order valence-corrected chi connectivity index (χ3v) is 1.42. The number of carbonyl (C=O) groups is 1. The van der Waals surface area contributed by atoms with Gasteiger partial charge in [-0.15, -0.1) is 0 Å². The number of rotatable bonds is 2. The minimum absolute atomic E-state index is 0.128. The fraction of sp³-hybridized carbons (Fsp3) is 0.857. The summed E-state index contributed by atoms with van der Waals surface area (Å²) in [5.74, 6) is 0. The lowest BCUT2D eigenvalue weighted by Gasteiger charge is -2.17. The molecule has 0 aromatic heterocycles. The smallest absolute Gasteiger partial charge is 0.287 e. The standard InChI is InChI=1S/C7H14BrNO/c1-7(2,3)4-5-9-6(8)10/h4-5H2,1-3H3,(H,9,10). The van der Waals surface area contributed by atoms with Crippen LogP contribution in [0.2, 0.25) is 0 Å². The second-order valence-electron chi connectivity index (χ2n) is 3.51. The van der Waals surface area contributed by atoms with Gasteiger partial charge in [-0.25, -0.2) is 0 Å². The Hall–Kier alpha value is -0.0500. The molecule has 0 aromatic rings. The van der Waals surface area contributed by atoms with Crippen LogP contribution in [-0.4, -0.2) is 11.4 Å². The van der Waals surface area contributed by atoms with Crippen LogP contribution >= 0.6 is 15.9 Å². The average molecular weight is 208 g/mol. The number of carbonyl (C=O) groups excluding carboxylic acids is 1. The molecule has 0 unspecified atom stereocenters. The van der Waals surface area contributed by atoms with Crippen LogP contribution < -0.4 is 5.32 Å². The summed E-state index contributed by atoms with van der Waals surface area (Å²) < 4.78 is 0. The van der Waals surface area contributed by atoms with Gasteiger partial charge in [-0.3, -0.25) is 4.79 Å². The van der Waals surface area contributed by atoms with E-state index in [1.807, 2.05) is 0 Å². The van der Waals surface area contributed by atoms with E-state index in [4.69, 9.17) is 0 Å². The van der Waals surface area contributed by atoms with E-state index in [0.717, 1.165) is 13.0 Å². The number of hydrogen-bond acceptors (Lipinski definition) is 1. The van der Waals surface area contributed by atoms with E-state index in [1.54, 1.807) is 0 Å². The third kappa shape index (κ3) is 7.95. The number of amides is 1. The highest BCUT2D eigenvalue weighted by Crippen LogP contribution is 2.16. The summed E-state index contributed by atoms with van der Waals surface area (Å²) in [6.07, 6.45) is 1.00. The molecule has 0 heterocycles. The first-order valence-electron chi connectivity index (χ1n) is 3.35. The molecule has 0 spiro atoms. The molecule has 0 saturated carbocycles. The predicted molar refractivity (Wildman–Crippen MR) is 46.4 cm³/mol. The minimum atomic E-state index is -0.128. The quantitative estimate of drug-likeness (QED) is 0.548. The molecule has 0 rings (SSSR count). The van der Waals surface area contributed by atoms with E-state index in [-0.39, 0.29) is 4.82 Å². The van der Waals surface area contributed by atoms with Crippen LogP contribution in [0.4, 0.5) is 4.79 Å². The van der Waals surface area contributed by atoms with E-state index in [1.165, 1.54) is 0 Å². The van der Waals surface area contributed by atoms with Crippen molar-refractivity contribution in [3.05, 3.63) is 0 Å². The largest absolute Gasteiger partial charge is 0.347 e. The van der Waals surface area contributed by atoms with Gasteiger partial charge < -0.3 is 5.32 Å². The summed E-state index contributed by atoms with van der Waals surface area (Å²) in [7, 11) is 0. The highest BCUT2D eigenvalue weighted by Gasteiger charge is 2.08. The second kappa shape index (κ2) is 3.96. The summed E-state index contributed by atoms with van der Waals surface area (Å²) in [5.41, 5.74) is 0.301. The van der Waals surface area contributed by atoms with Crippen LogP contribution in [0.1, 0.15) is 27.2 Å². The molecule has 0 atom stereocenters. The minimum Gasteiger partial charge on any atom is -0.347 e. The van der Waals surface area contributed by atoms with Crippen molar-refractivity contribution < 1.29 is 4.79 Å². The Balaban J connectivity index is 3.29. The maximum atomic E-state index is 10.3. The second-order valence-corrected chi connectivity index (χ2v) is 4.23. The van der Waals surface area contributed by atoms with Crippen LogP contribution in [0.25, 0.3) is 0 Å². The summed E-state index contributed by atoms with van der Waals surface area (Å²) in [4.78, 5) is 10.2. The van der Waals surface area contributed by atoms with E-state index < -0.39 is 0 Å². The fourth-order valence-electron chi connectivity index (χ4n) is 0.536. The molecule has 0 aliphatic heterocycles. The van der Waals surface area contributed by atoms with Gasteiger partial charge in [-0.05, 0) is 11.8 Å². The average Bonchev–Trinajstić information content (AvgIpc) is 1.59. The molecule has 60 valence electrons. The summed E-state index contributed by atoms with van der Waals surface area (Å²) in [6, 6.07) is 0. The van der Waals surface area contributed by atoms with E-state index in [2.05, 4.69) is 42.0 Å². The van der Waals surface area contributed by atoms with Crippen molar-refractivity contribution in [1.82, 2.24) is 5.32 Å². The van der Waals surface area contributed by atoms with Gasteiger partial charge in [0.25, 0.3) is 4.82 Å². The zero-order chi connectivity index (χ0) is 8.20. The van der Waals surface area contributed by atoms with Crippen LogP contribution in [0, 0.1) is 5.41 Å². The Morgan fingerprint density at radius 2 is 2.00 bits per heavy atom. The normalized spacial score (nSPS) is 11.2. The Morgan fingerprint density at radius 1 is 1.50 bits per heavy atom. The monoisotopic (exact) mass is 207 g/mol. The number of hydrogen-bond donors (Lipinski definition) is 1. The van der Waals surface area contributed by atoms with Crippen molar-refractivity contribution in [3.8, 4) is 0 Å². The van der Waals surface area contributed by atoms with Crippen molar-refractivity contribution >= 4 is 20.7 Å². The van der Waals surface area contributed by atoms with Crippen LogP contribution in [-0.2, 0) is 0 Å². The molecule has 10 heavy (non-hydrogen) atoms. The molecule has 0 saturated heterocycles. The SMILES string of the molecule is CC(C)(C)CCNC(=O)Br. The summed E-state index contributed by atoms with van der Waals surface area (Å²) >= 11 is 2.79. The molecule has 0 fully saturated rings. The highest BCUT2D eigenvalue weighted by molar-refractivity contribution is 9.18. The summed E-state index contributed by atoms with van der Waals surface area (Å²) in [6.45, 7) is 7.18. The lowest BCUT2D eigenvalue weighted by Crippen LogP contribution is -2.21. The zero-order valence-electron chi connectivity index (χ0n) is 6.70. The molecule has 1 N–H and O–H groups in total. The van der Waals surface area contributed by atoms with Gasteiger partial charge >= 0.3 is 0 Å². The van der Waals surface area contributed by atoms with Gasteiger partial charge in [0.2, 0.25) is 0 Å². The molecular formula is C7H14BrNO. The first-order valence-corrected chi connectivity index (χ1v) is 4.14. The van der Waals surface area contributed by atoms with Crippen molar-refractivity contribution in [3.63, 3.8) is 0 Å². The lowest BCUT2D eigenvalue weighted by molar-refractivity contribution is 0.259. The van der Waals surface area contributed by atoms with Crippen molar-refractivity contribution in [2.45, 2.75) is 27.2 Å². The maximum Gasteiger partial charge on any atom is 0.287 e. The number of halogens is 1. The molecule has 0 aliphatic rings. The maximum absolute atomic E-state index is 10.3. The summed E-state index contributed by atoms with van der Waals surface area (Å²) in [5, 5.41) is 2.68. The zero-order valence-corrected chi connectivity index (χ0v) is 8.29. The predicted octanol–water partition coefficient (Wildman–Crippen LogP) is 2.53. The molecule has 2 nitrogen and oxygen atoms in total. The van der Waals surface area contributed by atoms with Crippen molar-refractivity contribution in [2.24, 2.45) is 5.41 Å². The lowest BCUT2D eigenvalue weighted by atomic mass is 9.92. The molecule has 3 heteroatoms. The van der Waals surface area contributed by atoms with Gasteiger partial charge in [0.1, 0.15) is 0 Å². The Bertz CT molecular complexity index is 117. The van der Waals surface area contributed by atoms with Gasteiger partial charge in [-0.1, -0.05) is 20.8 Å². The van der Waals surface area contributed by atoms with E-state index in [9.17, 15) is 4.79 Å². The molecule has 0 aromatic carbocycles. The molecule has 0 aliphatic carbocycles. The molecule has 0 bridgehead atoms. The van der Waals surface area contributed by atoms with E-state index in [0.29, 0.717) is 5.41 Å². The Kier molecular flexibility index (Phi) is 3.94.